The maximum absolute atomic E-state index is 13.0. The van der Waals surface area contributed by atoms with E-state index in [2.05, 4.69) is 10.3 Å². The number of carbonyl (C=O) groups excluding carboxylic acids is 2. The number of anilines is 1. The molecule has 0 unspecified atom stereocenters. The zero-order valence-corrected chi connectivity index (χ0v) is 21.1. The van der Waals surface area contributed by atoms with E-state index in [-0.39, 0.29) is 25.0 Å². The highest BCUT2D eigenvalue weighted by atomic mass is 35.5. The number of rotatable bonds is 11. The number of hydrogen-bond acceptors (Lipinski definition) is 6. The Bertz CT molecular complexity index is 1130. The number of halogens is 1. The highest BCUT2D eigenvalue weighted by Gasteiger charge is 2.20. The van der Waals surface area contributed by atoms with Crippen molar-refractivity contribution >= 4 is 29.4 Å². The molecule has 1 aromatic heterocycles. The molecule has 35 heavy (non-hydrogen) atoms. The minimum absolute atomic E-state index is 0.0953. The third-order valence-electron chi connectivity index (χ3n) is 5.22. The highest BCUT2D eigenvalue weighted by molar-refractivity contribution is 6.30. The van der Waals surface area contributed by atoms with Crippen LogP contribution in [0.25, 0.3) is 16.9 Å². The standard InChI is InChI=1S/C25H30ClN5O4/c1-29(2)13-14-30(24(33)17-34-3)16-23(32)28-25-27-22(18-5-7-19(26)8-6-18)15-31(25)20-9-11-21(35-4)12-10-20/h5-12,15H,13-14,16-17H2,1-4H3,(H,27,28,32). The highest BCUT2D eigenvalue weighted by Crippen LogP contribution is 2.26. The molecule has 186 valence electrons. The van der Waals surface area contributed by atoms with E-state index in [1.54, 1.807) is 23.8 Å². The smallest absolute Gasteiger partial charge is 0.249 e. The van der Waals surface area contributed by atoms with Crippen LogP contribution in [0.2, 0.25) is 5.02 Å². The topological polar surface area (TPSA) is 88.9 Å². The molecule has 2 aromatic carbocycles. The van der Waals surface area contributed by atoms with E-state index in [1.165, 1.54) is 12.0 Å². The van der Waals surface area contributed by atoms with Crippen LogP contribution in [-0.4, -0.2) is 85.7 Å². The van der Waals surface area contributed by atoms with Crippen molar-refractivity contribution in [2.24, 2.45) is 0 Å². The molecular formula is C25H30ClN5O4. The van der Waals surface area contributed by atoms with Gasteiger partial charge in [-0.25, -0.2) is 4.98 Å². The average Bonchev–Trinajstić information content (AvgIpc) is 3.25. The molecule has 0 saturated carbocycles. The molecule has 0 aliphatic carbocycles. The third kappa shape index (κ3) is 7.29. The van der Waals surface area contributed by atoms with Gasteiger partial charge in [-0.15, -0.1) is 0 Å². The van der Waals surface area contributed by atoms with Crippen molar-refractivity contribution in [1.82, 2.24) is 19.4 Å². The van der Waals surface area contributed by atoms with Crippen molar-refractivity contribution in [2.45, 2.75) is 0 Å². The summed E-state index contributed by atoms with van der Waals surface area (Å²) in [7, 11) is 6.86. The van der Waals surface area contributed by atoms with E-state index >= 15 is 0 Å². The summed E-state index contributed by atoms with van der Waals surface area (Å²) in [6, 6.07) is 14.7. The fraction of sp³-hybridized carbons (Fsp3) is 0.320. The van der Waals surface area contributed by atoms with Gasteiger partial charge < -0.3 is 19.3 Å². The first kappa shape index (κ1) is 26.2. The molecule has 0 aliphatic heterocycles. The predicted octanol–water partition coefficient (Wildman–Crippen LogP) is 3.18. The van der Waals surface area contributed by atoms with Crippen LogP contribution < -0.4 is 10.1 Å². The van der Waals surface area contributed by atoms with E-state index in [0.29, 0.717) is 35.5 Å². The van der Waals surface area contributed by atoms with Crippen molar-refractivity contribution in [3.8, 4) is 22.7 Å². The Balaban J connectivity index is 1.88. The summed E-state index contributed by atoms with van der Waals surface area (Å²) in [6.07, 6.45) is 1.83. The predicted molar refractivity (Wildman–Crippen MR) is 136 cm³/mol. The van der Waals surface area contributed by atoms with Gasteiger partial charge in [0.15, 0.2) is 0 Å². The summed E-state index contributed by atoms with van der Waals surface area (Å²) in [5.41, 5.74) is 2.29. The van der Waals surface area contributed by atoms with Gasteiger partial charge in [-0.05, 0) is 50.5 Å². The quantitative estimate of drug-likeness (QED) is 0.436. The fourth-order valence-electron chi connectivity index (χ4n) is 3.33. The number of carbonyl (C=O) groups is 2. The van der Waals surface area contributed by atoms with Crippen molar-refractivity contribution in [3.05, 3.63) is 59.8 Å². The summed E-state index contributed by atoms with van der Waals surface area (Å²) in [6.45, 7) is 0.791. The average molecular weight is 500 g/mol. The molecule has 3 aromatic rings. The summed E-state index contributed by atoms with van der Waals surface area (Å²) in [4.78, 5) is 33.5. The second-order valence-electron chi connectivity index (χ2n) is 8.12. The van der Waals surface area contributed by atoms with E-state index in [9.17, 15) is 9.59 Å². The van der Waals surface area contributed by atoms with Gasteiger partial charge in [0.1, 0.15) is 18.9 Å². The number of likely N-dealkylation sites (N-methyl/N-ethyl adjacent to an activating group) is 1. The normalized spacial score (nSPS) is 10.9. The van der Waals surface area contributed by atoms with Crippen LogP contribution in [0.4, 0.5) is 5.95 Å². The maximum atomic E-state index is 13.0. The Labute approximate surface area is 210 Å². The lowest BCUT2D eigenvalue weighted by Gasteiger charge is -2.23. The number of nitrogens with zero attached hydrogens (tertiary/aromatic N) is 4. The van der Waals surface area contributed by atoms with E-state index in [4.69, 9.17) is 21.1 Å². The molecular weight excluding hydrogens is 470 g/mol. The number of imidazole rings is 1. The van der Waals surface area contributed by atoms with Crippen molar-refractivity contribution in [3.63, 3.8) is 0 Å². The first-order valence-corrected chi connectivity index (χ1v) is 11.4. The fourth-order valence-corrected chi connectivity index (χ4v) is 3.46. The number of benzene rings is 2. The van der Waals surface area contributed by atoms with Crippen LogP contribution >= 0.6 is 11.6 Å². The number of methoxy groups -OCH3 is 2. The SMILES string of the molecule is COCC(=O)N(CCN(C)C)CC(=O)Nc1nc(-c2ccc(Cl)cc2)cn1-c1ccc(OC)cc1. The van der Waals surface area contributed by atoms with Crippen LogP contribution in [-0.2, 0) is 14.3 Å². The van der Waals surface area contributed by atoms with Crippen LogP contribution in [0.15, 0.2) is 54.7 Å². The van der Waals surface area contributed by atoms with Gasteiger partial charge in [-0.3, -0.25) is 19.5 Å². The molecule has 0 saturated heterocycles. The lowest BCUT2D eigenvalue weighted by atomic mass is 10.2. The molecule has 1 N–H and O–H groups in total. The molecule has 0 bridgehead atoms. The summed E-state index contributed by atoms with van der Waals surface area (Å²) >= 11 is 6.03. The van der Waals surface area contributed by atoms with Gasteiger partial charge >= 0.3 is 0 Å². The lowest BCUT2D eigenvalue weighted by molar-refractivity contribution is -0.138. The number of ether oxygens (including phenoxy) is 2. The molecule has 0 aliphatic rings. The number of amides is 2. The molecule has 2 amide bonds. The molecule has 1 heterocycles. The van der Waals surface area contributed by atoms with Crippen molar-refractivity contribution < 1.29 is 19.1 Å². The first-order valence-electron chi connectivity index (χ1n) is 11.0. The lowest BCUT2D eigenvalue weighted by Crippen LogP contribution is -2.43. The Hall–Kier alpha value is -3.40. The molecule has 3 rings (SSSR count). The Morgan fingerprint density at radius 1 is 1.03 bits per heavy atom. The van der Waals surface area contributed by atoms with Gasteiger partial charge in [0.05, 0.1) is 12.8 Å². The molecule has 0 atom stereocenters. The number of nitrogens with one attached hydrogen (secondary N) is 1. The zero-order chi connectivity index (χ0) is 25.4. The van der Waals surface area contributed by atoms with Gasteiger partial charge in [0.2, 0.25) is 17.8 Å². The Morgan fingerprint density at radius 2 is 1.71 bits per heavy atom. The third-order valence-corrected chi connectivity index (χ3v) is 5.47. The van der Waals surface area contributed by atoms with Crippen LogP contribution in [0.1, 0.15) is 0 Å². The van der Waals surface area contributed by atoms with Gasteiger partial charge in [0.25, 0.3) is 0 Å². The van der Waals surface area contributed by atoms with Crippen LogP contribution in [0, 0.1) is 0 Å². The largest absolute Gasteiger partial charge is 0.497 e. The van der Waals surface area contributed by atoms with E-state index in [1.807, 2.05) is 61.6 Å². The van der Waals surface area contributed by atoms with Gasteiger partial charge in [-0.1, -0.05) is 23.7 Å². The zero-order valence-electron chi connectivity index (χ0n) is 20.3. The minimum Gasteiger partial charge on any atom is -0.497 e. The minimum atomic E-state index is -0.365. The summed E-state index contributed by atoms with van der Waals surface area (Å²) < 4.78 is 12.0. The van der Waals surface area contributed by atoms with E-state index in [0.717, 1.165) is 11.3 Å². The van der Waals surface area contributed by atoms with Crippen LogP contribution in [0.3, 0.4) is 0 Å². The second kappa shape index (κ2) is 12.3. The second-order valence-corrected chi connectivity index (χ2v) is 8.56. The van der Waals surface area contributed by atoms with Crippen molar-refractivity contribution in [1.29, 1.82) is 0 Å². The first-order chi connectivity index (χ1) is 16.8. The molecule has 9 nitrogen and oxygen atoms in total. The number of hydrogen-bond donors (Lipinski definition) is 1. The summed E-state index contributed by atoms with van der Waals surface area (Å²) in [5, 5.41) is 3.48. The molecule has 10 heteroatoms. The molecule has 0 spiro atoms. The van der Waals surface area contributed by atoms with Gasteiger partial charge in [-0.2, -0.15) is 0 Å². The number of aromatic nitrogens is 2. The Kier molecular flexibility index (Phi) is 9.25. The van der Waals surface area contributed by atoms with E-state index < -0.39 is 0 Å². The monoisotopic (exact) mass is 499 g/mol. The maximum Gasteiger partial charge on any atom is 0.249 e. The Morgan fingerprint density at radius 3 is 2.31 bits per heavy atom. The van der Waals surface area contributed by atoms with Crippen molar-refractivity contribution in [2.75, 3.05) is 59.9 Å². The summed E-state index contributed by atoms with van der Waals surface area (Å²) in [5.74, 6) is 0.420. The molecule has 0 radical (unpaired) electrons. The van der Waals surface area contributed by atoms with Gasteiger partial charge in [0, 0.05) is 42.7 Å². The van der Waals surface area contributed by atoms with Crippen LogP contribution in [0.5, 0.6) is 5.75 Å². The molecule has 0 fully saturated rings.